The zero-order chi connectivity index (χ0) is 12.1. The van der Waals surface area contributed by atoms with Crippen molar-refractivity contribution in [2.75, 3.05) is 6.61 Å². The number of carbonyl (C=O) groups is 1. The van der Waals surface area contributed by atoms with Crippen LogP contribution >= 0.6 is 0 Å². The van der Waals surface area contributed by atoms with E-state index in [1.165, 1.54) is 6.92 Å². The van der Waals surface area contributed by atoms with Gasteiger partial charge in [0.1, 0.15) is 12.4 Å². The highest BCUT2D eigenvalue weighted by atomic mass is 16.5. The van der Waals surface area contributed by atoms with Gasteiger partial charge >= 0.3 is 0 Å². The second kappa shape index (κ2) is 5.66. The second-order valence-electron chi connectivity index (χ2n) is 3.93. The largest absolute Gasteiger partial charge is 0.490 e. The van der Waals surface area contributed by atoms with Crippen molar-refractivity contribution in [2.45, 2.75) is 33.3 Å². The van der Waals surface area contributed by atoms with Gasteiger partial charge in [-0.3, -0.25) is 4.79 Å². The molecule has 0 radical (unpaired) electrons. The Morgan fingerprint density at radius 2 is 2.19 bits per heavy atom. The topological polar surface area (TPSA) is 46.5 Å². The van der Waals surface area contributed by atoms with Gasteiger partial charge in [-0.25, -0.2) is 0 Å². The molecule has 88 valence electrons. The second-order valence-corrected chi connectivity index (χ2v) is 3.93. The van der Waals surface area contributed by atoms with Gasteiger partial charge in [0.05, 0.1) is 11.7 Å². The lowest BCUT2D eigenvalue weighted by molar-refractivity contribution is 0.0966. The summed E-state index contributed by atoms with van der Waals surface area (Å²) in [5.74, 6) is 0.529. The molecule has 1 aromatic carbocycles. The fourth-order valence-electron chi connectivity index (χ4n) is 1.34. The monoisotopic (exact) mass is 222 g/mol. The Bertz CT molecular complexity index is 371. The van der Waals surface area contributed by atoms with E-state index in [0.717, 1.165) is 5.56 Å². The normalized spacial score (nSPS) is 12.2. The maximum atomic E-state index is 11.3. The van der Waals surface area contributed by atoms with E-state index in [9.17, 15) is 9.90 Å². The maximum absolute atomic E-state index is 11.3. The van der Waals surface area contributed by atoms with E-state index in [4.69, 9.17) is 4.74 Å². The minimum Gasteiger partial charge on any atom is -0.490 e. The molecule has 1 N–H and O–H groups in total. The molecule has 1 unspecified atom stereocenters. The number of aryl methyl sites for hydroxylation is 1. The number of aliphatic hydroxyl groups excluding tert-OH is 1. The summed E-state index contributed by atoms with van der Waals surface area (Å²) in [6, 6.07) is 5.45. The Kier molecular flexibility index (Phi) is 4.50. The number of benzene rings is 1. The SMILES string of the molecule is CCC(O)COc1cc(C)ccc1C(C)=O. The van der Waals surface area contributed by atoms with Gasteiger partial charge in [0.2, 0.25) is 0 Å². The van der Waals surface area contributed by atoms with E-state index in [1.54, 1.807) is 6.07 Å². The van der Waals surface area contributed by atoms with Gasteiger partial charge in [-0.15, -0.1) is 0 Å². The van der Waals surface area contributed by atoms with Gasteiger partial charge < -0.3 is 9.84 Å². The number of ether oxygens (including phenoxy) is 1. The lowest BCUT2D eigenvalue weighted by Gasteiger charge is -2.13. The summed E-state index contributed by atoms with van der Waals surface area (Å²) >= 11 is 0. The third kappa shape index (κ3) is 3.35. The Morgan fingerprint density at radius 1 is 1.50 bits per heavy atom. The zero-order valence-corrected chi connectivity index (χ0v) is 9.99. The number of aliphatic hydroxyl groups is 1. The summed E-state index contributed by atoms with van der Waals surface area (Å²) in [6.07, 6.45) is 0.154. The van der Waals surface area contributed by atoms with Gasteiger partial charge in [0.15, 0.2) is 5.78 Å². The zero-order valence-electron chi connectivity index (χ0n) is 9.99. The summed E-state index contributed by atoms with van der Waals surface area (Å²) in [5, 5.41) is 9.41. The van der Waals surface area contributed by atoms with Crippen LogP contribution in [0.1, 0.15) is 36.2 Å². The van der Waals surface area contributed by atoms with E-state index in [0.29, 0.717) is 17.7 Å². The lowest BCUT2D eigenvalue weighted by Crippen LogP contribution is -2.17. The van der Waals surface area contributed by atoms with Crippen molar-refractivity contribution in [3.63, 3.8) is 0 Å². The molecule has 1 atom stereocenters. The fraction of sp³-hybridized carbons (Fsp3) is 0.462. The van der Waals surface area contributed by atoms with Crippen LogP contribution < -0.4 is 4.74 Å². The van der Waals surface area contributed by atoms with Crippen molar-refractivity contribution >= 4 is 5.78 Å². The summed E-state index contributed by atoms with van der Waals surface area (Å²) in [4.78, 5) is 11.3. The first kappa shape index (κ1) is 12.7. The fourth-order valence-corrected chi connectivity index (χ4v) is 1.34. The predicted molar refractivity (Wildman–Crippen MR) is 63.0 cm³/mol. The van der Waals surface area contributed by atoms with Gasteiger partial charge in [-0.05, 0) is 38.0 Å². The highest BCUT2D eigenvalue weighted by molar-refractivity contribution is 5.96. The third-order valence-electron chi connectivity index (χ3n) is 2.42. The first-order chi connectivity index (χ1) is 7.54. The summed E-state index contributed by atoms with van der Waals surface area (Å²) in [6.45, 7) is 5.55. The van der Waals surface area contributed by atoms with E-state index in [2.05, 4.69) is 0 Å². The van der Waals surface area contributed by atoms with Crippen LogP contribution in [-0.4, -0.2) is 23.6 Å². The van der Waals surface area contributed by atoms with Crippen LogP contribution in [0, 0.1) is 6.92 Å². The Labute approximate surface area is 96.1 Å². The van der Waals surface area contributed by atoms with Gasteiger partial charge in [-0.1, -0.05) is 13.0 Å². The van der Waals surface area contributed by atoms with Crippen molar-refractivity contribution in [1.29, 1.82) is 0 Å². The summed E-state index contributed by atoms with van der Waals surface area (Å²) in [7, 11) is 0. The van der Waals surface area contributed by atoms with Crippen molar-refractivity contribution < 1.29 is 14.6 Å². The molecule has 0 fully saturated rings. The molecule has 1 rings (SSSR count). The minimum atomic E-state index is -0.486. The molecular weight excluding hydrogens is 204 g/mol. The minimum absolute atomic E-state index is 0.0269. The molecule has 0 spiro atoms. The van der Waals surface area contributed by atoms with Crippen molar-refractivity contribution in [3.05, 3.63) is 29.3 Å². The molecule has 0 aliphatic rings. The number of Topliss-reactive ketones (excluding diaryl/α,β-unsaturated/α-hetero) is 1. The predicted octanol–water partition coefficient (Wildman–Crippen LogP) is 2.35. The van der Waals surface area contributed by atoms with Crippen molar-refractivity contribution in [1.82, 2.24) is 0 Å². The number of hydrogen-bond acceptors (Lipinski definition) is 3. The molecule has 3 nitrogen and oxygen atoms in total. The van der Waals surface area contributed by atoms with E-state index in [-0.39, 0.29) is 12.4 Å². The highest BCUT2D eigenvalue weighted by Crippen LogP contribution is 2.21. The number of rotatable bonds is 5. The number of carbonyl (C=O) groups excluding carboxylic acids is 1. The van der Waals surface area contributed by atoms with Gasteiger partial charge in [-0.2, -0.15) is 0 Å². The third-order valence-corrected chi connectivity index (χ3v) is 2.42. The van der Waals surface area contributed by atoms with Gasteiger partial charge in [0, 0.05) is 0 Å². The Balaban J connectivity index is 2.84. The van der Waals surface area contributed by atoms with Crippen LogP contribution in [0.25, 0.3) is 0 Å². The van der Waals surface area contributed by atoms with Crippen molar-refractivity contribution in [3.8, 4) is 5.75 Å². The maximum Gasteiger partial charge on any atom is 0.163 e. The summed E-state index contributed by atoms with van der Waals surface area (Å²) < 4.78 is 5.46. The van der Waals surface area contributed by atoms with Crippen LogP contribution in [-0.2, 0) is 0 Å². The molecule has 0 bridgehead atoms. The molecule has 1 aromatic rings. The molecule has 0 aromatic heterocycles. The molecule has 0 amide bonds. The molecule has 0 saturated carbocycles. The summed E-state index contributed by atoms with van der Waals surface area (Å²) in [5.41, 5.74) is 1.60. The molecular formula is C13H18O3. The van der Waals surface area contributed by atoms with Crippen LogP contribution in [0.4, 0.5) is 0 Å². The number of ketones is 1. The molecule has 0 saturated heterocycles. The average molecular weight is 222 g/mol. The highest BCUT2D eigenvalue weighted by Gasteiger charge is 2.10. The van der Waals surface area contributed by atoms with E-state index in [1.807, 2.05) is 26.0 Å². The average Bonchev–Trinajstić information content (AvgIpc) is 2.25. The quantitative estimate of drug-likeness (QED) is 0.778. The number of hydrogen-bond donors (Lipinski definition) is 1. The molecule has 3 heteroatoms. The van der Waals surface area contributed by atoms with Crippen LogP contribution in [0.2, 0.25) is 0 Å². The van der Waals surface area contributed by atoms with Gasteiger partial charge in [0.25, 0.3) is 0 Å². The smallest absolute Gasteiger partial charge is 0.163 e. The van der Waals surface area contributed by atoms with Crippen molar-refractivity contribution in [2.24, 2.45) is 0 Å². The first-order valence-electron chi connectivity index (χ1n) is 5.47. The molecule has 0 heterocycles. The van der Waals surface area contributed by atoms with E-state index < -0.39 is 6.10 Å². The molecule has 0 aliphatic carbocycles. The van der Waals surface area contributed by atoms with Crippen LogP contribution in [0.3, 0.4) is 0 Å². The van der Waals surface area contributed by atoms with Crippen LogP contribution in [0.5, 0.6) is 5.75 Å². The lowest BCUT2D eigenvalue weighted by atomic mass is 10.1. The van der Waals surface area contributed by atoms with Crippen LogP contribution in [0.15, 0.2) is 18.2 Å². The standard InChI is InChI=1S/C13H18O3/c1-4-11(15)8-16-13-7-9(2)5-6-12(13)10(3)14/h5-7,11,15H,4,8H2,1-3H3. The first-order valence-corrected chi connectivity index (χ1v) is 5.47. The Morgan fingerprint density at radius 3 is 2.75 bits per heavy atom. The Hall–Kier alpha value is -1.35. The van der Waals surface area contributed by atoms with E-state index >= 15 is 0 Å². The molecule has 0 aliphatic heterocycles. The molecule has 16 heavy (non-hydrogen) atoms.